The van der Waals surface area contributed by atoms with E-state index in [4.69, 9.17) is 0 Å². The Morgan fingerprint density at radius 2 is 0.943 bits per heavy atom. The average molecular weight is 469 g/mol. The van der Waals surface area contributed by atoms with Gasteiger partial charge in [-0.3, -0.25) is 14.4 Å². The van der Waals surface area contributed by atoms with E-state index in [9.17, 15) is 14.4 Å². The predicted molar refractivity (Wildman–Crippen MR) is 137 cm³/mol. The Morgan fingerprint density at radius 3 is 1.71 bits per heavy atom. The minimum Gasteiger partial charge on any atom is -0.289 e. The van der Waals surface area contributed by atoms with Crippen molar-refractivity contribution in [2.24, 2.45) is 0 Å². The second-order valence-corrected chi connectivity index (χ2v) is 9.79. The van der Waals surface area contributed by atoms with Gasteiger partial charge in [0.25, 0.3) is 0 Å². The number of rotatable bonds is 2. The lowest BCUT2D eigenvalue weighted by atomic mass is 9.83. The molecule has 0 heterocycles. The van der Waals surface area contributed by atoms with Crippen LogP contribution in [0, 0.1) is 0 Å². The molecule has 0 atom stereocenters. The Bertz CT molecular complexity index is 1780. The molecule has 0 spiro atoms. The first-order valence-electron chi connectivity index (χ1n) is 11.3. The van der Waals surface area contributed by atoms with Gasteiger partial charge in [-0.25, -0.2) is 0 Å². The third-order valence-electron chi connectivity index (χ3n) is 6.83. The van der Waals surface area contributed by atoms with E-state index in [1.807, 2.05) is 66.7 Å². The molecule has 0 fully saturated rings. The first-order chi connectivity index (χ1) is 17.1. The van der Waals surface area contributed by atoms with Crippen molar-refractivity contribution < 1.29 is 14.4 Å². The smallest absolute Gasteiger partial charge is 0.195 e. The van der Waals surface area contributed by atoms with Crippen LogP contribution >= 0.6 is 11.8 Å². The summed E-state index contributed by atoms with van der Waals surface area (Å²) in [6.45, 7) is 0. The lowest BCUT2D eigenvalue weighted by molar-refractivity contribution is 0.0977. The zero-order valence-corrected chi connectivity index (χ0v) is 19.2. The van der Waals surface area contributed by atoms with Crippen molar-refractivity contribution in [3.63, 3.8) is 0 Å². The summed E-state index contributed by atoms with van der Waals surface area (Å²) in [5.74, 6) is -0.241. The number of benzene rings is 5. The number of hydrogen-bond donors (Lipinski definition) is 0. The first-order valence-corrected chi connectivity index (χ1v) is 12.1. The van der Waals surface area contributed by atoms with E-state index in [0.29, 0.717) is 33.4 Å². The third-order valence-corrected chi connectivity index (χ3v) is 7.95. The fourth-order valence-corrected chi connectivity index (χ4v) is 6.40. The normalized spacial score (nSPS) is 13.4. The van der Waals surface area contributed by atoms with Crippen LogP contribution in [0.5, 0.6) is 0 Å². The van der Waals surface area contributed by atoms with Crippen molar-refractivity contribution in [2.75, 3.05) is 0 Å². The number of hydrogen-bond acceptors (Lipinski definition) is 4. The molecule has 0 saturated heterocycles. The van der Waals surface area contributed by atoms with Crippen LogP contribution in [0.1, 0.15) is 47.8 Å². The molecule has 0 bridgehead atoms. The summed E-state index contributed by atoms with van der Waals surface area (Å²) in [7, 11) is 0. The Hall–Kier alpha value is -4.28. The maximum absolute atomic E-state index is 13.5. The van der Waals surface area contributed by atoms with Crippen LogP contribution in [0.25, 0.3) is 21.9 Å². The zero-order chi connectivity index (χ0) is 23.7. The summed E-state index contributed by atoms with van der Waals surface area (Å²) in [6, 6.07) is 30.0. The summed E-state index contributed by atoms with van der Waals surface area (Å²) in [5, 5.41) is 1.93. The molecule has 164 valence electrons. The Labute approximate surface area is 205 Å². The van der Waals surface area contributed by atoms with Crippen molar-refractivity contribution in [3.05, 3.63) is 130 Å². The Balaban J connectivity index is 1.46. The molecule has 5 aromatic carbocycles. The van der Waals surface area contributed by atoms with Gasteiger partial charge in [0.1, 0.15) is 0 Å². The lowest BCUT2D eigenvalue weighted by Crippen LogP contribution is -2.21. The van der Waals surface area contributed by atoms with Crippen LogP contribution < -0.4 is 0 Å². The minimum atomic E-state index is -0.135. The molecular weight excluding hydrogens is 452 g/mol. The van der Waals surface area contributed by atoms with Gasteiger partial charge in [-0.05, 0) is 23.1 Å². The van der Waals surface area contributed by atoms with E-state index in [1.54, 1.807) is 30.3 Å². The van der Waals surface area contributed by atoms with Crippen LogP contribution in [0.3, 0.4) is 0 Å². The quantitative estimate of drug-likeness (QED) is 0.275. The van der Waals surface area contributed by atoms with Gasteiger partial charge in [0, 0.05) is 54.1 Å². The maximum Gasteiger partial charge on any atom is 0.195 e. The van der Waals surface area contributed by atoms with Crippen molar-refractivity contribution in [2.45, 2.75) is 9.79 Å². The van der Waals surface area contributed by atoms with Crippen LogP contribution in [0.15, 0.2) is 107 Å². The predicted octanol–water partition coefficient (Wildman–Crippen LogP) is 6.98. The molecule has 4 heteroatoms. The molecule has 5 aromatic rings. The van der Waals surface area contributed by atoms with Gasteiger partial charge in [-0.2, -0.15) is 0 Å². The summed E-state index contributed by atoms with van der Waals surface area (Å²) in [5.41, 5.74) is 5.02. The molecule has 0 aromatic heterocycles. The second-order valence-electron chi connectivity index (χ2n) is 8.70. The van der Waals surface area contributed by atoms with Gasteiger partial charge < -0.3 is 0 Å². The molecule has 0 aliphatic heterocycles. The van der Waals surface area contributed by atoms with Crippen molar-refractivity contribution >= 4 is 39.9 Å². The van der Waals surface area contributed by atoms with Gasteiger partial charge in [-0.15, -0.1) is 0 Å². The van der Waals surface area contributed by atoms with Crippen LogP contribution in [-0.2, 0) is 0 Å². The SMILES string of the molecule is O=C1c2ccccc2C(=O)c2c(Sc3ccc4cccc5c4c3-c3ccccc3C5=O)cccc21. The molecule has 7 rings (SSSR count). The van der Waals surface area contributed by atoms with Gasteiger partial charge in [0.15, 0.2) is 17.3 Å². The topological polar surface area (TPSA) is 51.2 Å². The minimum absolute atomic E-state index is 0.0234. The summed E-state index contributed by atoms with van der Waals surface area (Å²) >= 11 is 1.47. The van der Waals surface area contributed by atoms with Crippen molar-refractivity contribution in [1.29, 1.82) is 0 Å². The first kappa shape index (κ1) is 20.1. The molecular formula is C31H16O3S. The molecule has 0 saturated carbocycles. The molecule has 2 aliphatic carbocycles. The number of fused-ring (bicyclic) bond motifs is 4. The average Bonchev–Trinajstić information content (AvgIpc) is 2.90. The van der Waals surface area contributed by atoms with Gasteiger partial charge in [0.2, 0.25) is 0 Å². The lowest BCUT2D eigenvalue weighted by Gasteiger charge is -2.24. The Kier molecular flexibility index (Phi) is 4.23. The van der Waals surface area contributed by atoms with E-state index >= 15 is 0 Å². The molecule has 0 N–H and O–H groups in total. The largest absolute Gasteiger partial charge is 0.289 e. The molecule has 35 heavy (non-hydrogen) atoms. The van der Waals surface area contributed by atoms with E-state index in [1.165, 1.54) is 11.8 Å². The number of carbonyl (C=O) groups excluding carboxylic acids is 3. The highest BCUT2D eigenvalue weighted by Crippen LogP contribution is 2.47. The van der Waals surface area contributed by atoms with E-state index < -0.39 is 0 Å². The molecule has 0 radical (unpaired) electrons. The zero-order valence-electron chi connectivity index (χ0n) is 18.4. The highest BCUT2D eigenvalue weighted by Gasteiger charge is 2.32. The van der Waals surface area contributed by atoms with Crippen molar-refractivity contribution in [1.82, 2.24) is 0 Å². The molecule has 0 amide bonds. The van der Waals surface area contributed by atoms with Crippen LogP contribution in [0.4, 0.5) is 0 Å². The van der Waals surface area contributed by atoms with E-state index in [0.717, 1.165) is 31.7 Å². The van der Waals surface area contributed by atoms with Crippen molar-refractivity contribution in [3.8, 4) is 11.1 Å². The summed E-state index contributed by atoms with van der Waals surface area (Å²) in [4.78, 5) is 41.7. The highest BCUT2D eigenvalue weighted by atomic mass is 32.2. The molecule has 2 aliphatic rings. The van der Waals surface area contributed by atoms with E-state index in [-0.39, 0.29) is 17.3 Å². The van der Waals surface area contributed by atoms with Crippen LogP contribution in [0.2, 0.25) is 0 Å². The number of ketones is 3. The highest BCUT2D eigenvalue weighted by molar-refractivity contribution is 7.99. The fraction of sp³-hybridized carbons (Fsp3) is 0. The maximum atomic E-state index is 13.5. The van der Waals surface area contributed by atoms with Gasteiger partial charge >= 0.3 is 0 Å². The van der Waals surface area contributed by atoms with Gasteiger partial charge in [0.05, 0.1) is 0 Å². The third kappa shape index (κ3) is 2.77. The van der Waals surface area contributed by atoms with Gasteiger partial charge in [-0.1, -0.05) is 96.7 Å². The summed E-state index contributed by atoms with van der Waals surface area (Å²) in [6.07, 6.45) is 0. The standard InChI is InChI=1S/C31H16O3S/c32-29-19-9-2-1-8-18(19)27-25(16-15-17-7-5-12-22(29)26(17)27)35-24-14-6-13-23-28(24)31(34)21-11-4-3-10-20(21)30(23)33/h1-16H. The van der Waals surface area contributed by atoms with Crippen LogP contribution in [-0.4, -0.2) is 17.3 Å². The summed E-state index contributed by atoms with van der Waals surface area (Å²) < 4.78 is 0. The second kappa shape index (κ2) is 7.36. The van der Waals surface area contributed by atoms with E-state index in [2.05, 4.69) is 0 Å². The fourth-order valence-electron chi connectivity index (χ4n) is 5.26. The molecule has 0 unspecified atom stereocenters. The molecule has 3 nitrogen and oxygen atoms in total. The Morgan fingerprint density at radius 1 is 0.400 bits per heavy atom. The monoisotopic (exact) mass is 468 g/mol. The number of carbonyl (C=O) groups is 3.